The summed E-state index contributed by atoms with van der Waals surface area (Å²) in [4.78, 5) is 15.8. The molecule has 0 spiro atoms. The van der Waals surface area contributed by atoms with Crippen LogP contribution in [0.5, 0.6) is 0 Å². The lowest BCUT2D eigenvalue weighted by Gasteiger charge is -2.17. The lowest BCUT2D eigenvalue weighted by Crippen LogP contribution is -2.28. The van der Waals surface area contributed by atoms with E-state index in [-0.39, 0.29) is 11.3 Å². The van der Waals surface area contributed by atoms with Crippen LogP contribution in [0.1, 0.15) is 43.2 Å². The van der Waals surface area contributed by atoms with Crippen molar-refractivity contribution < 1.29 is 4.79 Å². The smallest absolute Gasteiger partial charge is 0.269 e. The molecule has 1 amide bonds. The van der Waals surface area contributed by atoms with Crippen molar-refractivity contribution in [2.45, 2.75) is 33.7 Å². The number of nitrogens with two attached hydrogens (primary N) is 1. The molecule has 1 aromatic rings. The highest BCUT2D eigenvalue weighted by Crippen LogP contribution is 2.16. The van der Waals surface area contributed by atoms with E-state index in [0.29, 0.717) is 18.8 Å². The summed E-state index contributed by atoms with van der Waals surface area (Å²) in [5, 5.41) is 2.86. The Balaban J connectivity index is 2.52. The summed E-state index contributed by atoms with van der Waals surface area (Å²) in [6.45, 7) is 7.52. The molecule has 0 aromatic carbocycles. The standard InChI is InChI=1S/C13H21N3O/c1-13(2,3)5-7-16-12(17)11-8-10(9-14)4-6-15-11/h4,6,8H,5,7,9,14H2,1-3H3,(H,16,17). The topological polar surface area (TPSA) is 68.0 Å². The maximum Gasteiger partial charge on any atom is 0.269 e. The first-order valence-corrected chi connectivity index (χ1v) is 5.85. The molecule has 3 N–H and O–H groups in total. The van der Waals surface area contributed by atoms with Gasteiger partial charge < -0.3 is 11.1 Å². The fourth-order valence-electron chi connectivity index (χ4n) is 1.37. The van der Waals surface area contributed by atoms with Crippen LogP contribution in [0.3, 0.4) is 0 Å². The average molecular weight is 235 g/mol. The van der Waals surface area contributed by atoms with E-state index in [1.54, 1.807) is 12.3 Å². The molecule has 0 bridgehead atoms. The van der Waals surface area contributed by atoms with E-state index in [1.165, 1.54) is 0 Å². The van der Waals surface area contributed by atoms with E-state index in [1.807, 2.05) is 6.07 Å². The number of nitrogens with zero attached hydrogens (tertiary/aromatic N) is 1. The van der Waals surface area contributed by atoms with Gasteiger partial charge >= 0.3 is 0 Å². The Morgan fingerprint density at radius 3 is 2.76 bits per heavy atom. The van der Waals surface area contributed by atoms with Crippen molar-refractivity contribution in [2.24, 2.45) is 11.1 Å². The maximum absolute atomic E-state index is 11.8. The highest BCUT2D eigenvalue weighted by molar-refractivity contribution is 5.92. The number of amides is 1. The van der Waals surface area contributed by atoms with Crippen LogP contribution in [0.2, 0.25) is 0 Å². The number of rotatable bonds is 4. The number of pyridine rings is 1. The van der Waals surface area contributed by atoms with Crippen molar-refractivity contribution in [1.29, 1.82) is 0 Å². The van der Waals surface area contributed by atoms with Gasteiger partial charge in [-0.2, -0.15) is 0 Å². The van der Waals surface area contributed by atoms with Crippen molar-refractivity contribution in [3.8, 4) is 0 Å². The van der Waals surface area contributed by atoms with Gasteiger partial charge in [-0.25, -0.2) is 0 Å². The Labute approximate surface area is 103 Å². The second-order valence-corrected chi connectivity index (χ2v) is 5.32. The molecule has 0 aliphatic heterocycles. The fourth-order valence-corrected chi connectivity index (χ4v) is 1.37. The van der Waals surface area contributed by atoms with E-state index in [9.17, 15) is 4.79 Å². The van der Waals surface area contributed by atoms with Crippen LogP contribution in [0.15, 0.2) is 18.3 Å². The van der Waals surface area contributed by atoms with Gasteiger partial charge in [0.05, 0.1) is 0 Å². The van der Waals surface area contributed by atoms with Crippen LogP contribution >= 0.6 is 0 Å². The molecule has 0 saturated carbocycles. The molecule has 0 unspecified atom stereocenters. The van der Waals surface area contributed by atoms with Crippen molar-refractivity contribution >= 4 is 5.91 Å². The third kappa shape index (κ3) is 4.95. The summed E-state index contributed by atoms with van der Waals surface area (Å²) in [5.41, 5.74) is 7.09. The van der Waals surface area contributed by atoms with Crippen LogP contribution in [-0.4, -0.2) is 17.4 Å². The van der Waals surface area contributed by atoms with Gasteiger partial charge in [-0.05, 0) is 29.5 Å². The first kappa shape index (κ1) is 13.6. The average Bonchev–Trinajstić information content (AvgIpc) is 2.27. The molecule has 0 aliphatic carbocycles. The van der Waals surface area contributed by atoms with Crippen LogP contribution < -0.4 is 11.1 Å². The van der Waals surface area contributed by atoms with Gasteiger partial charge in [-0.1, -0.05) is 20.8 Å². The monoisotopic (exact) mass is 235 g/mol. The minimum atomic E-state index is -0.135. The number of hydrogen-bond donors (Lipinski definition) is 2. The van der Waals surface area contributed by atoms with Gasteiger partial charge in [0, 0.05) is 19.3 Å². The summed E-state index contributed by atoms with van der Waals surface area (Å²) in [6.07, 6.45) is 2.55. The van der Waals surface area contributed by atoms with Gasteiger partial charge in [0.15, 0.2) is 0 Å². The van der Waals surface area contributed by atoms with Crippen molar-refractivity contribution in [2.75, 3.05) is 6.54 Å². The molecule has 0 radical (unpaired) electrons. The van der Waals surface area contributed by atoms with E-state index < -0.39 is 0 Å². The number of carbonyl (C=O) groups is 1. The zero-order valence-corrected chi connectivity index (χ0v) is 10.8. The van der Waals surface area contributed by atoms with Gasteiger partial charge in [-0.3, -0.25) is 9.78 Å². The third-order valence-corrected chi connectivity index (χ3v) is 2.45. The molecule has 0 fully saturated rings. The maximum atomic E-state index is 11.8. The molecule has 0 aliphatic rings. The van der Waals surface area contributed by atoms with E-state index in [0.717, 1.165) is 12.0 Å². The normalized spacial score (nSPS) is 11.3. The summed E-state index contributed by atoms with van der Waals surface area (Å²) < 4.78 is 0. The molecule has 4 heteroatoms. The predicted octanol–water partition coefficient (Wildman–Crippen LogP) is 1.71. The second kappa shape index (κ2) is 5.77. The van der Waals surface area contributed by atoms with Gasteiger partial charge in [0.25, 0.3) is 5.91 Å². The van der Waals surface area contributed by atoms with Crippen molar-refractivity contribution in [3.05, 3.63) is 29.6 Å². The van der Waals surface area contributed by atoms with E-state index in [2.05, 4.69) is 31.1 Å². The Hall–Kier alpha value is -1.42. The Morgan fingerprint density at radius 1 is 1.47 bits per heavy atom. The third-order valence-electron chi connectivity index (χ3n) is 2.45. The largest absolute Gasteiger partial charge is 0.351 e. The molecular formula is C13H21N3O. The first-order chi connectivity index (χ1) is 7.92. The second-order valence-electron chi connectivity index (χ2n) is 5.32. The zero-order valence-electron chi connectivity index (χ0n) is 10.8. The summed E-state index contributed by atoms with van der Waals surface area (Å²) in [7, 11) is 0. The highest BCUT2D eigenvalue weighted by Gasteiger charge is 2.12. The predicted molar refractivity (Wildman–Crippen MR) is 68.5 cm³/mol. The summed E-state index contributed by atoms with van der Waals surface area (Å²) in [6, 6.07) is 3.54. The van der Waals surface area contributed by atoms with E-state index >= 15 is 0 Å². The molecule has 1 heterocycles. The van der Waals surface area contributed by atoms with Crippen LogP contribution in [-0.2, 0) is 6.54 Å². The van der Waals surface area contributed by atoms with Crippen LogP contribution in [0, 0.1) is 5.41 Å². The highest BCUT2D eigenvalue weighted by atomic mass is 16.1. The van der Waals surface area contributed by atoms with Gasteiger partial charge in [0.1, 0.15) is 5.69 Å². The molecule has 17 heavy (non-hydrogen) atoms. The van der Waals surface area contributed by atoms with Crippen molar-refractivity contribution in [3.63, 3.8) is 0 Å². The minimum absolute atomic E-state index is 0.135. The van der Waals surface area contributed by atoms with Crippen LogP contribution in [0.4, 0.5) is 0 Å². The fraction of sp³-hybridized carbons (Fsp3) is 0.538. The lowest BCUT2D eigenvalue weighted by molar-refractivity contribution is 0.0944. The SMILES string of the molecule is CC(C)(C)CCNC(=O)c1cc(CN)ccn1. The molecule has 1 aromatic heterocycles. The zero-order chi connectivity index (χ0) is 12.9. The summed E-state index contributed by atoms with van der Waals surface area (Å²) >= 11 is 0. The van der Waals surface area contributed by atoms with Crippen molar-refractivity contribution in [1.82, 2.24) is 10.3 Å². The molecule has 1 rings (SSSR count). The van der Waals surface area contributed by atoms with Gasteiger partial charge in [0.2, 0.25) is 0 Å². The van der Waals surface area contributed by atoms with E-state index in [4.69, 9.17) is 5.73 Å². The molecule has 0 atom stereocenters. The molecular weight excluding hydrogens is 214 g/mol. The molecule has 0 saturated heterocycles. The van der Waals surface area contributed by atoms with Crippen LogP contribution in [0.25, 0.3) is 0 Å². The quantitative estimate of drug-likeness (QED) is 0.834. The lowest BCUT2D eigenvalue weighted by atomic mass is 9.92. The minimum Gasteiger partial charge on any atom is -0.351 e. The summed E-state index contributed by atoms with van der Waals surface area (Å²) in [5.74, 6) is -0.135. The Morgan fingerprint density at radius 2 is 2.18 bits per heavy atom. The molecule has 4 nitrogen and oxygen atoms in total. The first-order valence-electron chi connectivity index (χ1n) is 5.85. The number of hydrogen-bond acceptors (Lipinski definition) is 3. The molecule has 94 valence electrons. The number of nitrogens with one attached hydrogen (secondary N) is 1. The van der Waals surface area contributed by atoms with Gasteiger partial charge in [-0.15, -0.1) is 0 Å². The Kier molecular flexibility index (Phi) is 4.63. The Bertz CT molecular complexity index is 382. The number of carbonyl (C=O) groups excluding carboxylic acids is 1. The number of aromatic nitrogens is 1.